The van der Waals surface area contributed by atoms with Crippen molar-refractivity contribution in [1.29, 1.82) is 0 Å². The van der Waals surface area contributed by atoms with Gasteiger partial charge in [-0.2, -0.15) is 5.10 Å². The second kappa shape index (κ2) is 26.5. The number of hydrogen-bond acceptors (Lipinski definition) is 12. The lowest BCUT2D eigenvalue weighted by Gasteiger charge is -2.36. The van der Waals surface area contributed by atoms with Crippen molar-refractivity contribution in [2.24, 2.45) is 5.41 Å². The average molecular weight is 1130 g/mol. The smallest absolute Gasteiger partial charge is 0.258 e. The number of aromatic nitrogens is 3. The predicted molar refractivity (Wildman–Crippen MR) is 310 cm³/mol. The zero-order chi connectivity index (χ0) is 57.2. The minimum atomic E-state index is -0.857. The number of halogens is 2. The molecule has 430 valence electrons. The van der Waals surface area contributed by atoms with E-state index in [4.69, 9.17) is 4.74 Å². The maximum absolute atomic E-state index is 14.1. The summed E-state index contributed by atoms with van der Waals surface area (Å²) >= 11 is 1.58. The van der Waals surface area contributed by atoms with Crippen LogP contribution in [0.4, 0.5) is 26.0 Å². The summed E-state index contributed by atoms with van der Waals surface area (Å²) in [4.78, 5) is 79.3. The van der Waals surface area contributed by atoms with Crippen LogP contribution in [0.3, 0.4) is 0 Å². The molecule has 3 atom stereocenters. The standard InChI is InChI=1S/C61H74F2N10O7S/c1-38-56(81-37-65-38)42-14-11-39(12-15-42)35-64-54(76)34-47-32-48(74)36-73(47)60(79)57(61(2,3)4)67-53(75)9-7-5-6-8-10-55(77)72-23-21-71(22-24-72)46-16-17-49(52(33-46)66-45-19-25-80-26-20-45)59(78)68-58-50-30-40(13-18-51(50)69-70-58)27-41-28-43(62)31-44(63)29-41/h11-18,28-31,33,37,45,47-48,57,66,74H,5-10,19-27,32,34-36H2,1-4H3,(H,64,76)(H,67,75)(H2,68,69,70,78)/t47-,48+,57+/m0/s1. The zero-order valence-corrected chi connectivity index (χ0v) is 47.4. The molecule has 0 radical (unpaired) electrons. The fraction of sp³-hybridized carbons (Fsp3) is 0.459. The van der Waals surface area contributed by atoms with Gasteiger partial charge in [0, 0.05) is 107 Å². The quantitative estimate of drug-likeness (QED) is 0.0375. The van der Waals surface area contributed by atoms with Gasteiger partial charge in [-0.25, -0.2) is 13.8 Å². The monoisotopic (exact) mass is 1130 g/mol. The van der Waals surface area contributed by atoms with Gasteiger partial charge >= 0.3 is 0 Å². The van der Waals surface area contributed by atoms with Crippen molar-refractivity contribution in [2.75, 3.05) is 61.5 Å². The van der Waals surface area contributed by atoms with Crippen molar-refractivity contribution in [3.63, 3.8) is 0 Å². The molecule has 0 unspecified atom stereocenters. The molecule has 3 fully saturated rings. The Morgan fingerprint density at radius 2 is 1.56 bits per heavy atom. The zero-order valence-electron chi connectivity index (χ0n) is 46.6. The van der Waals surface area contributed by atoms with Crippen LogP contribution in [0.2, 0.25) is 0 Å². The number of nitrogens with one attached hydrogen (secondary N) is 5. The van der Waals surface area contributed by atoms with Crippen molar-refractivity contribution in [3.05, 3.63) is 124 Å². The molecule has 6 aromatic rings. The lowest BCUT2D eigenvalue weighted by Crippen LogP contribution is -2.56. The molecule has 81 heavy (non-hydrogen) atoms. The number of anilines is 3. The number of piperazine rings is 1. The van der Waals surface area contributed by atoms with Crippen LogP contribution < -0.4 is 26.2 Å². The largest absolute Gasteiger partial charge is 0.391 e. The Bertz CT molecular complexity index is 3160. The van der Waals surface area contributed by atoms with E-state index in [9.17, 15) is 37.9 Å². The normalized spacial score (nSPS) is 17.3. The molecule has 0 aliphatic carbocycles. The van der Waals surface area contributed by atoms with E-state index in [0.29, 0.717) is 98.7 Å². The number of aryl methyl sites for hydroxylation is 1. The van der Waals surface area contributed by atoms with Crippen molar-refractivity contribution in [2.45, 2.75) is 129 Å². The van der Waals surface area contributed by atoms with E-state index in [1.807, 2.05) is 98.8 Å². The highest BCUT2D eigenvalue weighted by Gasteiger charge is 2.42. The summed E-state index contributed by atoms with van der Waals surface area (Å²) in [5.74, 6) is -2.01. The lowest BCUT2D eigenvalue weighted by molar-refractivity contribution is -0.141. The van der Waals surface area contributed by atoms with E-state index in [1.165, 1.54) is 12.1 Å². The van der Waals surface area contributed by atoms with Gasteiger partial charge < -0.3 is 45.8 Å². The van der Waals surface area contributed by atoms with E-state index in [0.717, 1.165) is 64.7 Å². The predicted octanol–water partition coefficient (Wildman–Crippen LogP) is 8.90. The molecule has 4 aromatic carbocycles. The number of rotatable bonds is 21. The Hall–Kier alpha value is -7.29. The molecule has 0 spiro atoms. The topological polar surface area (TPSA) is 214 Å². The first-order valence-corrected chi connectivity index (χ1v) is 29.1. The van der Waals surface area contributed by atoms with Gasteiger partial charge in [0.15, 0.2) is 5.82 Å². The number of carbonyl (C=O) groups is 5. The van der Waals surface area contributed by atoms with Crippen molar-refractivity contribution in [3.8, 4) is 10.4 Å². The van der Waals surface area contributed by atoms with Gasteiger partial charge in [0.1, 0.15) is 17.7 Å². The summed E-state index contributed by atoms with van der Waals surface area (Å²) in [7, 11) is 0. The Labute approximate surface area is 475 Å². The molecule has 20 heteroatoms. The fourth-order valence-corrected chi connectivity index (χ4v) is 11.8. The summed E-state index contributed by atoms with van der Waals surface area (Å²) in [6.07, 6.45) is 4.80. The number of β-amino-alcohol motifs (C(OH)–C–C–N with tert-alkyl or cyclic N) is 1. The highest BCUT2D eigenvalue weighted by Crippen LogP contribution is 2.32. The number of hydrogen-bond donors (Lipinski definition) is 6. The number of unbranched alkanes of at least 4 members (excludes halogenated alkanes) is 3. The van der Waals surface area contributed by atoms with Crippen LogP contribution in [0.1, 0.15) is 118 Å². The van der Waals surface area contributed by atoms with Gasteiger partial charge in [-0.1, -0.05) is 63.9 Å². The Balaban J connectivity index is 0.710. The van der Waals surface area contributed by atoms with Crippen molar-refractivity contribution >= 4 is 69.0 Å². The number of ether oxygens (including phenoxy) is 1. The third kappa shape index (κ3) is 15.4. The Kier molecular flexibility index (Phi) is 19.1. The minimum Gasteiger partial charge on any atom is -0.391 e. The molecule has 0 bridgehead atoms. The average Bonchev–Trinajstić information content (AvgIpc) is 4.39. The van der Waals surface area contributed by atoms with Crippen LogP contribution >= 0.6 is 11.3 Å². The number of benzene rings is 4. The molecular weight excluding hydrogens is 1050 g/mol. The second-order valence-corrected chi connectivity index (χ2v) is 23.6. The first-order valence-electron chi connectivity index (χ1n) is 28.2. The van der Waals surface area contributed by atoms with Gasteiger partial charge in [-0.15, -0.1) is 11.3 Å². The van der Waals surface area contributed by atoms with Gasteiger partial charge in [0.25, 0.3) is 5.91 Å². The van der Waals surface area contributed by atoms with Crippen molar-refractivity contribution in [1.82, 2.24) is 35.6 Å². The Morgan fingerprint density at radius 3 is 2.26 bits per heavy atom. The highest BCUT2D eigenvalue weighted by atomic mass is 32.1. The third-order valence-electron chi connectivity index (χ3n) is 15.5. The summed E-state index contributed by atoms with van der Waals surface area (Å²) < 4.78 is 33.5. The summed E-state index contributed by atoms with van der Waals surface area (Å²) in [5.41, 5.74) is 8.18. The van der Waals surface area contributed by atoms with Crippen LogP contribution in [0.15, 0.2) is 84.4 Å². The van der Waals surface area contributed by atoms with Crippen LogP contribution in [0.25, 0.3) is 21.3 Å². The van der Waals surface area contributed by atoms with Gasteiger partial charge in [0.2, 0.25) is 23.6 Å². The Morgan fingerprint density at radius 1 is 0.840 bits per heavy atom. The highest BCUT2D eigenvalue weighted by molar-refractivity contribution is 7.13. The third-order valence-corrected chi connectivity index (χ3v) is 16.5. The van der Waals surface area contributed by atoms with Gasteiger partial charge in [0.05, 0.1) is 33.3 Å². The molecule has 3 saturated heterocycles. The number of likely N-dealkylation sites (tertiary alicyclic amines) is 1. The molecule has 0 saturated carbocycles. The van der Waals surface area contributed by atoms with Crippen LogP contribution in [0, 0.1) is 24.0 Å². The van der Waals surface area contributed by atoms with Crippen LogP contribution in [0.5, 0.6) is 0 Å². The number of carbonyl (C=O) groups excluding carboxylic acids is 5. The number of aromatic amines is 1. The molecule has 5 heterocycles. The number of amides is 5. The first kappa shape index (κ1) is 58.4. The van der Waals surface area contributed by atoms with E-state index in [-0.39, 0.29) is 67.8 Å². The summed E-state index contributed by atoms with van der Waals surface area (Å²) in [6.45, 7) is 11.6. The molecular formula is C61H74F2N10O7S. The van der Waals surface area contributed by atoms with E-state index in [1.54, 1.807) is 16.2 Å². The van der Waals surface area contributed by atoms with Crippen LogP contribution in [-0.2, 0) is 36.9 Å². The van der Waals surface area contributed by atoms with Gasteiger partial charge in [-0.3, -0.25) is 29.1 Å². The van der Waals surface area contributed by atoms with Gasteiger partial charge in [-0.05, 0) is 116 Å². The SMILES string of the molecule is Cc1ncsc1-c1ccc(CNC(=O)C[C@@H]2C[C@@H](O)CN2C(=O)[C@@H](NC(=O)CCCCCCC(=O)N2CCN(c3ccc(C(=O)Nc4n[nH]c5ccc(Cc6cc(F)cc(F)c6)cc45)c(NC4CCOCC4)c3)CC2)C(C)(C)C)cc1. The number of aliphatic hydroxyl groups excluding tert-OH is 1. The maximum atomic E-state index is 14.1. The first-order chi connectivity index (χ1) is 38.9. The number of fused-ring (bicyclic) bond motifs is 1. The van der Waals surface area contributed by atoms with E-state index < -0.39 is 35.2 Å². The molecule has 6 N–H and O–H groups in total. The molecule has 3 aliphatic heterocycles. The lowest BCUT2D eigenvalue weighted by atomic mass is 9.85. The summed E-state index contributed by atoms with van der Waals surface area (Å²) in [6, 6.07) is 21.4. The second-order valence-electron chi connectivity index (χ2n) is 22.7. The minimum absolute atomic E-state index is 0.0323. The van der Waals surface area contributed by atoms with Crippen molar-refractivity contribution < 1.29 is 42.6 Å². The van der Waals surface area contributed by atoms with E-state index >= 15 is 0 Å². The van der Waals surface area contributed by atoms with Crippen LogP contribution in [-0.4, -0.2) is 130 Å². The summed E-state index contributed by atoms with van der Waals surface area (Å²) in [5, 5.41) is 31.2. The molecule has 5 amide bonds. The molecule has 2 aromatic heterocycles. The number of H-pyrrole nitrogens is 1. The number of thiazole rings is 1. The molecule has 9 rings (SSSR count). The fourth-order valence-electron chi connectivity index (χ4n) is 11.0. The number of nitrogens with zero attached hydrogens (tertiary/aromatic N) is 5. The molecule has 3 aliphatic rings. The molecule has 17 nitrogen and oxygen atoms in total. The number of aliphatic hydroxyl groups is 1. The maximum Gasteiger partial charge on any atom is 0.258 e. The van der Waals surface area contributed by atoms with E-state index in [2.05, 4.69) is 41.3 Å².